The Morgan fingerprint density at radius 1 is 0.914 bits per heavy atom. The Hall–Kier alpha value is -4.91. The van der Waals surface area contributed by atoms with E-state index in [-0.39, 0.29) is 5.84 Å². The maximum absolute atomic E-state index is 8.05. The van der Waals surface area contributed by atoms with E-state index in [9.17, 15) is 0 Å². The monoisotopic (exact) mass is 462 g/mol. The zero-order valence-electron chi connectivity index (χ0n) is 19.0. The summed E-state index contributed by atoms with van der Waals surface area (Å²) in [5, 5.41) is 19.2. The number of hydrogen-bond acceptors (Lipinski definition) is 6. The van der Waals surface area contributed by atoms with E-state index < -0.39 is 0 Å². The summed E-state index contributed by atoms with van der Waals surface area (Å²) in [5.74, 6) is 1.22. The van der Waals surface area contributed by atoms with Crippen LogP contribution < -0.4 is 21.5 Å². The molecule has 0 saturated heterocycles. The van der Waals surface area contributed by atoms with Gasteiger partial charge in [0.05, 0.1) is 17.0 Å². The quantitative estimate of drug-likeness (QED) is 0.172. The first-order chi connectivity index (χ1) is 17.0. The first-order valence-electron chi connectivity index (χ1n) is 11.0. The highest BCUT2D eigenvalue weighted by Gasteiger charge is 2.17. The van der Waals surface area contributed by atoms with Crippen molar-refractivity contribution in [3.63, 3.8) is 0 Å². The van der Waals surface area contributed by atoms with E-state index in [4.69, 9.17) is 32.0 Å². The van der Waals surface area contributed by atoms with Gasteiger partial charge in [0.1, 0.15) is 17.3 Å². The van der Waals surface area contributed by atoms with Gasteiger partial charge in [-0.15, -0.1) is 0 Å². The molecule has 0 unspecified atom stereocenters. The highest BCUT2D eigenvalue weighted by atomic mass is 16.5. The normalized spacial score (nSPS) is 11.0. The van der Waals surface area contributed by atoms with Crippen molar-refractivity contribution in [2.24, 2.45) is 5.73 Å². The molecule has 0 radical (unpaired) electrons. The van der Waals surface area contributed by atoms with Gasteiger partial charge >= 0.3 is 0 Å². The molecule has 7 N–H and O–H groups in total. The molecular formula is C28H26N6O. The molecule has 0 fully saturated rings. The lowest BCUT2D eigenvalue weighted by atomic mass is 10.0. The van der Waals surface area contributed by atoms with E-state index in [1.54, 1.807) is 12.3 Å². The molecule has 0 aliphatic rings. The molecule has 1 heterocycles. The third-order valence-electron chi connectivity index (χ3n) is 5.28. The Bertz CT molecular complexity index is 1350. The highest BCUT2D eigenvalue weighted by Crippen LogP contribution is 2.31. The minimum atomic E-state index is -0.177. The van der Waals surface area contributed by atoms with Crippen molar-refractivity contribution in [1.82, 2.24) is 10.3 Å². The molecule has 0 aliphatic carbocycles. The second-order valence-electron chi connectivity index (χ2n) is 7.78. The number of nitrogen functional groups attached to an aromatic ring is 2. The zero-order chi connectivity index (χ0) is 24.6. The van der Waals surface area contributed by atoms with Crippen LogP contribution in [-0.2, 0) is 6.54 Å². The molecule has 7 nitrogen and oxygen atoms in total. The third kappa shape index (κ3) is 5.72. The molecule has 1 aromatic heterocycles. The van der Waals surface area contributed by atoms with Crippen molar-refractivity contribution in [3.05, 3.63) is 114 Å². The second kappa shape index (κ2) is 10.8. The summed E-state index contributed by atoms with van der Waals surface area (Å²) in [6.45, 7) is 0.606. The smallest absolute Gasteiger partial charge is 0.127 e. The molecule has 4 rings (SSSR count). The van der Waals surface area contributed by atoms with Gasteiger partial charge in [0.25, 0.3) is 0 Å². The van der Waals surface area contributed by atoms with E-state index >= 15 is 0 Å². The number of hydrogen-bond donors (Lipinski definition) is 5. The molecule has 35 heavy (non-hydrogen) atoms. The van der Waals surface area contributed by atoms with Gasteiger partial charge in [0.2, 0.25) is 0 Å². The van der Waals surface area contributed by atoms with Crippen LogP contribution in [0.25, 0.3) is 16.8 Å². The van der Waals surface area contributed by atoms with Crippen LogP contribution in [0.2, 0.25) is 0 Å². The van der Waals surface area contributed by atoms with E-state index in [1.165, 1.54) is 6.21 Å². The highest BCUT2D eigenvalue weighted by molar-refractivity contribution is 6.10. The Labute approximate surface area is 204 Å². The van der Waals surface area contributed by atoms with Crippen molar-refractivity contribution < 1.29 is 4.74 Å². The van der Waals surface area contributed by atoms with Gasteiger partial charge in [-0.25, -0.2) is 4.98 Å². The van der Waals surface area contributed by atoms with E-state index in [1.807, 2.05) is 84.9 Å². The number of ether oxygens (including phenoxy) is 1. The van der Waals surface area contributed by atoms with Gasteiger partial charge in [-0.2, -0.15) is 0 Å². The SMILES string of the molecule is N=C/C(=C\NCc1ccccc1)c1cc(N)c(C(=N)N)c(-c2ccc(Oc3ccccc3)cc2)n1. The fourth-order valence-corrected chi connectivity index (χ4v) is 3.57. The number of nitrogens with one attached hydrogen (secondary N) is 3. The van der Waals surface area contributed by atoms with Gasteiger partial charge in [0.15, 0.2) is 0 Å². The summed E-state index contributed by atoms with van der Waals surface area (Å²) in [6, 6.07) is 28.4. The summed E-state index contributed by atoms with van der Waals surface area (Å²) in [5.41, 5.74) is 16.2. The number of nitrogens with zero attached hydrogens (tertiary/aromatic N) is 1. The van der Waals surface area contributed by atoms with E-state index in [0.29, 0.717) is 40.5 Å². The van der Waals surface area contributed by atoms with E-state index in [0.717, 1.165) is 16.9 Å². The third-order valence-corrected chi connectivity index (χ3v) is 5.28. The predicted octanol–water partition coefficient (Wildman–Crippen LogP) is 5.19. The van der Waals surface area contributed by atoms with Crippen LogP contribution in [-0.4, -0.2) is 17.0 Å². The average molecular weight is 463 g/mol. The van der Waals surface area contributed by atoms with Gasteiger partial charge < -0.3 is 26.9 Å². The molecule has 0 atom stereocenters. The van der Waals surface area contributed by atoms with Crippen molar-refractivity contribution in [1.29, 1.82) is 10.8 Å². The fourth-order valence-electron chi connectivity index (χ4n) is 3.57. The Morgan fingerprint density at radius 3 is 2.17 bits per heavy atom. The van der Waals surface area contributed by atoms with Crippen LogP contribution >= 0.6 is 0 Å². The predicted molar refractivity (Wildman–Crippen MR) is 142 cm³/mol. The van der Waals surface area contributed by atoms with Crippen molar-refractivity contribution in [2.75, 3.05) is 5.73 Å². The van der Waals surface area contributed by atoms with Gasteiger partial charge in [0, 0.05) is 35.8 Å². The molecule has 4 aromatic rings. The summed E-state index contributed by atoms with van der Waals surface area (Å²) in [6.07, 6.45) is 2.95. The zero-order valence-corrected chi connectivity index (χ0v) is 19.0. The van der Waals surface area contributed by atoms with Gasteiger partial charge in [-0.3, -0.25) is 5.41 Å². The second-order valence-corrected chi connectivity index (χ2v) is 7.78. The number of anilines is 1. The van der Waals surface area contributed by atoms with Crippen molar-refractivity contribution in [2.45, 2.75) is 6.54 Å². The maximum atomic E-state index is 8.05. The van der Waals surface area contributed by atoms with Gasteiger partial charge in [-0.05, 0) is 48.0 Å². The van der Waals surface area contributed by atoms with Crippen molar-refractivity contribution in [3.8, 4) is 22.8 Å². The van der Waals surface area contributed by atoms with E-state index in [2.05, 4.69) is 5.32 Å². The van der Waals surface area contributed by atoms with Gasteiger partial charge in [-0.1, -0.05) is 48.5 Å². The van der Waals surface area contributed by atoms with Crippen LogP contribution in [0, 0.1) is 10.8 Å². The Kier molecular flexibility index (Phi) is 7.18. The summed E-state index contributed by atoms with van der Waals surface area (Å²) in [7, 11) is 0. The number of aromatic nitrogens is 1. The molecule has 0 amide bonds. The molecule has 3 aromatic carbocycles. The average Bonchev–Trinajstić information content (AvgIpc) is 2.87. The number of pyridine rings is 1. The topological polar surface area (TPSA) is 134 Å². The molecule has 0 bridgehead atoms. The number of para-hydroxylation sites is 1. The Balaban J connectivity index is 1.64. The lowest BCUT2D eigenvalue weighted by Crippen LogP contribution is -2.17. The van der Waals surface area contributed by atoms with Crippen LogP contribution in [0.3, 0.4) is 0 Å². The lowest BCUT2D eigenvalue weighted by Gasteiger charge is -2.14. The molecule has 0 saturated carbocycles. The molecular weight excluding hydrogens is 436 g/mol. The van der Waals surface area contributed by atoms with Crippen molar-refractivity contribution >= 4 is 23.3 Å². The number of nitrogens with two attached hydrogens (primary N) is 2. The number of benzene rings is 3. The molecule has 174 valence electrons. The number of amidine groups is 1. The summed E-state index contributed by atoms with van der Waals surface area (Å²) >= 11 is 0. The van der Waals surface area contributed by atoms with Crippen LogP contribution in [0.1, 0.15) is 16.8 Å². The molecule has 7 heteroatoms. The molecule has 0 spiro atoms. The number of rotatable bonds is 9. The first-order valence-corrected chi connectivity index (χ1v) is 11.0. The van der Waals surface area contributed by atoms with Crippen LogP contribution in [0.4, 0.5) is 5.69 Å². The maximum Gasteiger partial charge on any atom is 0.127 e. The lowest BCUT2D eigenvalue weighted by molar-refractivity contribution is 0.483. The summed E-state index contributed by atoms with van der Waals surface area (Å²) in [4.78, 5) is 4.73. The minimum Gasteiger partial charge on any atom is -0.457 e. The fraction of sp³-hybridized carbons (Fsp3) is 0.0357. The summed E-state index contributed by atoms with van der Waals surface area (Å²) < 4.78 is 5.87. The Morgan fingerprint density at radius 2 is 1.54 bits per heavy atom. The largest absolute Gasteiger partial charge is 0.457 e. The van der Waals surface area contributed by atoms with Crippen LogP contribution in [0.5, 0.6) is 11.5 Å². The minimum absolute atomic E-state index is 0.177. The first kappa shape index (κ1) is 23.3. The van der Waals surface area contributed by atoms with Crippen LogP contribution in [0.15, 0.2) is 97.2 Å². The standard InChI is InChI=1S/C28H26N6O/c29-16-21(18-33-17-19-7-3-1-4-8-19)25-15-24(30)26(28(31)32)27(34-25)20-11-13-23(14-12-20)35-22-9-5-2-6-10-22/h1-16,18,29,33H,17H2,(H2,30,34)(H3,31,32)/b21-18+,29-16?. The molecule has 0 aliphatic heterocycles. The number of allylic oxidation sites excluding steroid dienone is 1.